The van der Waals surface area contributed by atoms with Crippen molar-refractivity contribution in [3.63, 3.8) is 0 Å². The zero-order valence-electron chi connectivity index (χ0n) is 6.34. The van der Waals surface area contributed by atoms with Crippen molar-refractivity contribution in [2.75, 3.05) is 11.5 Å². The zero-order valence-corrected chi connectivity index (χ0v) is 7.10. The van der Waals surface area contributed by atoms with Gasteiger partial charge in [0.25, 0.3) is 5.91 Å². The van der Waals surface area contributed by atoms with Crippen LogP contribution in [0.1, 0.15) is 10.5 Å². The second kappa shape index (κ2) is 3.06. The lowest BCUT2D eigenvalue weighted by molar-refractivity contribution is 0.0996. The van der Waals surface area contributed by atoms with E-state index in [0.717, 1.165) is 0 Å². The van der Waals surface area contributed by atoms with Gasteiger partial charge in [-0.15, -0.1) is 0 Å². The van der Waals surface area contributed by atoms with Gasteiger partial charge in [-0.05, 0) is 0 Å². The number of anilines is 2. The second-order valence-electron chi connectivity index (χ2n) is 2.25. The van der Waals surface area contributed by atoms with Gasteiger partial charge >= 0.3 is 0 Å². The minimum atomic E-state index is -0.949. The van der Waals surface area contributed by atoms with Gasteiger partial charge in [-0.2, -0.15) is 0 Å². The summed E-state index contributed by atoms with van der Waals surface area (Å²) in [5, 5.41) is -0.320. The zero-order chi connectivity index (χ0) is 10.2. The average Bonchev–Trinajstić information content (AvgIpc) is 2.07. The fourth-order valence-corrected chi connectivity index (χ4v) is 0.962. The van der Waals surface area contributed by atoms with E-state index in [1.54, 1.807) is 0 Å². The molecule has 1 amide bonds. The van der Waals surface area contributed by atoms with Crippen LogP contribution in [0, 0.1) is 5.82 Å². The molecule has 0 atom stereocenters. The molecule has 0 aliphatic heterocycles. The number of nitrogen functional groups attached to an aromatic ring is 2. The Balaban J connectivity index is 3.50. The predicted molar refractivity (Wildman–Crippen MR) is 46.5 cm³/mol. The Morgan fingerprint density at radius 3 is 2.46 bits per heavy atom. The molecule has 0 radical (unpaired) electrons. The van der Waals surface area contributed by atoms with Crippen molar-refractivity contribution in [2.24, 2.45) is 5.73 Å². The van der Waals surface area contributed by atoms with Crippen LogP contribution in [0.4, 0.5) is 15.9 Å². The summed E-state index contributed by atoms with van der Waals surface area (Å²) in [6.45, 7) is 0. The lowest BCUT2D eigenvalue weighted by Gasteiger charge is -2.05. The van der Waals surface area contributed by atoms with E-state index in [0.29, 0.717) is 0 Å². The summed E-state index contributed by atoms with van der Waals surface area (Å²) in [5.74, 6) is -2.37. The van der Waals surface area contributed by atoms with Crippen LogP contribution in [0.5, 0.6) is 0 Å². The first kappa shape index (κ1) is 9.53. The minimum absolute atomic E-state index is 0.320. The predicted octanol–water partition coefficient (Wildman–Crippen LogP) is 0.137. The van der Waals surface area contributed by atoms with Gasteiger partial charge in [-0.1, -0.05) is 11.6 Å². The quantitative estimate of drug-likeness (QED) is 0.605. The largest absolute Gasteiger partial charge is 0.395 e. The first-order valence-electron chi connectivity index (χ1n) is 3.15. The summed E-state index contributed by atoms with van der Waals surface area (Å²) in [6, 6.07) is 0. The highest BCUT2D eigenvalue weighted by molar-refractivity contribution is 6.36. The molecule has 1 heterocycles. The summed E-state index contributed by atoms with van der Waals surface area (Å²) in [4.78, 5) is 14.0. The normalized spacial score (nSPS) is 10.0. The highest BCUT2D eigenvalue weighted by Gasteiger charge is 2.17. The summed E-state index contributed by atoms with van der Waals surface area (Å²) in [7, 11) is 0. The van der Waals surface area contributed by atoms with Crippen molar-refractivity contribution in [3.05, 3.63) is 16.5 Å². The van der Waals surface area contributed by atoms with Crippen molar-refractivity contribution < 1.29 is 9.18 Å². The van der Waals surface area contributed by atoms with Crippen LogP contribution < -0.4 is 17.2 Å². The number of carbonyl (C=O) groups is 1. The van der Waals surface area contributed by atoms with E-state index in [4.69, 9.17) is 28.8 Å². The van der Waals surface area contributed by atoms with Gasteiger partial charge in [-0.3, -0.25) is 4.79 Å². The van der Waals surface area contributed by atoms with E-state index in [-0.39, 0.29) is 10.7 Å². The number of hydrogen-bond acceptors (Lipinski definition) is 4. The molecule has 0 aliphatic carbocycles. The van der Waals surface area contributed by atoms with Gasteiger partial charge < -0.3 is 17.2 Å². The number of amides is 1. The smallest absolute Gasteiger partial charge is 0.269 e. The lowest BCUT2D eigenvalue weighted by atomic mass is 10.3. The molecule has 0 saturated carbocycles. The van der Waals surface area contributed by atoms with E-state index < -0.39 is 23.2 Å². The molecule has 0 spiro atoms. The average molecular weight is 205 g/mol. The third kappa shape index (κ3) is 1.48. The number of pyridine rings is 1. The molecule has 70 valence electrons. The minimum Gasteiger partial charge on any atom is -0.395 e. The molecule has 0 aromatic carbocycles. The number of rotatable bonds is 1. The summed E-state index contributed by atoms with van der Waals surface area (Å²) in [5.41, 5.74) is 14.4. The number of aromatic nitrogens is 1. The Hall–Kier alpha value is -1.56. The molecule has 0 unspecified atom stereocenters. The summed E-state index contributed by atoms with van der Waals surface area (Å²) < 4.78 is 12.9. The monoisotopic (exact) mass is 204 g/mol. The van der Waals surface area contributed by atoms with Crippen LogP contribution >= 0.6 is 11.6 Å². The van der Waals surface area contributed by atoms with Gasteiger partial charge in [-0.25, -0.2) is 9.37 Å². The van der Waals surface area contributed by atoms with Crippen molar-refractivity contribution in [1.82, 2.24) is 4.98 Å². The van der Waals surface area contributed by atoms with Gasteiger partial charge in [0, 0.05) is 0 Å². The maximum atomic E-state index is 12.9. The summed E-state index contributed by atoms with van der Waals surface area (Å²) in [6.07, 6.45) is 0. The standard InChI is InChI=1S/C6H6ClFN4O/c7-1-3(9)2(8)5(10)12-4(1)6(11)13/h(H2,11,13)(H4,9,10,12). The van der Waals surface area contributed by atoms with Gasteiger partial charge in [0.1, 0.15) is 0 Å². The molecular formula is C6H6ClFN4O. The Bertz CT molecular complexity index is 381. The van der Waals surface area contributed by atoms with E-state index in [2.05, 4.69) is 4.98 Å². The topological polar surface area (TPSA) is 108 Å². The van der Waals surface area contributed by atoms with E-state index in [1.165, 1.54) is 0 Å². The van der Waals surface area contributed by atoms with Crippen molar-refractivity contribution in [2.45, 2.75) is 0 Å². The Kier molecular flexibility index (Phi) is 2.24. The Morgan fingerprint density at radius 2 is 2.00 bits per heavy atom. The van der Waals surface area contributed by atoms with Crippen molar-refractivity contribution in [1.29, 1.82) is 0 Å². The molecule has 13 heavy (non-hydrogen) atoms. The van der Waals surface area contributed by atoms with Crippen LogP contribution in [0.15, 0.2) is 0 Å². The molecule has 1 aromatic heterocycles. The van der Waals surface area contributed by atoms with Crippen LogP contribution in [-0.4, -0.2) is 10.9 Å². The first-order chi connectivity index (χ1) is 5.95. The lowest BCUT2D eigenvalue weighted by Crippen LogP contribution is -2.16. The molecular weight excluding hydrogens is 199 g/mol. The van der Waals surface area contributed by atoms with Crippen molar-refractivity contribution >= 4 is 29.0 Å². The maximum absolute atomic E-state index is 12.9. The number of primary amides is 1. The third-order valence-corrected chi connectivity index (χ3v) is 1.75. The van der Waals surface area contributed by atoms with E-state index in [9.17, 15) is 9.18 Å². The molecule has 0 saturated heterocycles. The molecule has 0 bridgehead atoms. The molecule has 6 N–H and O–H groups in total. The molecule has 0 aliphatic rings. The highest BCUT2D eigenvalue weighted by atomic mass is 35.5. The van der Waals surface area contributed by atoms with Gasteiger partial charge in [0.05, 0.1) is 10.7 Å². The third-order valence-electron chi connectivity index (χ3n) is 1.37. The Labute approximate surface area is 77.7 Å². The first-order valence-corrected chi connectivity index (χ1v) is 3.52. The highest BCUT2D eigenvalue weighted by Crippen LogP contribution is 2.27. The van der Waals surface area contributed by atoms with Crippen LogP contribution in [0.2, 0.25) is 5.02 Å². The molecule has 0 fully saturated rings. The molecule has 7 heteroatoms. The van der Waals surface area contributed by atoms with Crippen molar-refractivity contribution in [3.8, 4) is 0 Å². The molecule has 1 aromatic rings. The summed E-state index contributed by atoms with van der Waals surface area (Å²) >= 11 is 5.48. The van der Waals surface area contributed by atoms with E-state index in [1.807, 2.05) is 0 Å². The fraction of sp³-hybridized carbons (Fsp3) is 0. The SMILES string of the molecule is NC(=O)c1nc(N)c(F)c(N)c1Cl. The van der Waals surface area contributed by atoms with Crippen LogP contribution in [0.3, 0.4) is 0 Å². The number of nitrogens with two attached hydrogens (primary N) is 3. The number of halogens is 2. The molecule has 5 nitrogen and oxygen atoms in total. The maximum Gasteiger partial charge on any atom is 0.269 e. The van der Waals surface area contributed by atoms with Gasteiger partial charge in [0.15, 0.2) is 17.3 Å². The second-order valence-corrected chi connectivity index (χ2v) is 2.63. The number of hydrogen-bond donors (Lipinski definition) is 3. The molecule has 1 rings (SSSR count). The number of carbonyl (C=O) groups excluding carboxylic acids is 1. The van der Waals surface area contributed by atoms with Gasteiger partial charge in [0.2, 0.25) is 0 Å². The van der Waals surface area contributed by atoms with E-state index >= 15 is 0 Å². The van der Waals surface area contributed by atoms with Crippen LogP contribution in [0.25, 0.3) is 0 Å². The number of nitrogens with zero attached hydrogens (tertiary/aromatic N) is 1. The Morgan fingerprint density at radius 1 is 1.46 bits per heavy atom. The fourth-order valence-electron chi connectivity index (χ4n) is 0.744. The van der Waals surface area contributed by atoms with Crippen LogP contribution in [-0.2, 0) is 0 Å².